The molecule has 0 atom stereocenters. The van der Waals surface area contributed by atoms with Crippen LogP contribution in [0.25, 0.3) is 0 Å². The number of carbonyl (C=O) groups is 1. The predicted octanol–water partition coefficient (Wildman–Crippen LogP) is 2.81. The highest BCUT2D eigenvalue weighted by molar-refractivity contribution is 7.94. The SMILES string of the molecule is C[Si](C)(C)c1cc(C(=O)NS(=O)(=O)C2=CC=C[C+]=C2)c(Cl)nc1Cl. The van der Waals surface area contributed by atoms with Crippen molar-refractivity contribution < 1.29 is 13.2 Å². The summed E-state index contributed by atoms with van der Waals surface area (Å²) in [4.78, 5) is 16.3. The van der Waals surface area contributed by atoms with E-state index in [1.807, 2.05) is 24.4 Å². The van der Waals surface area contributed by atoms with Gasteiger partial charge in [0.15, 0.2) is 4.91 Å². The van der Waals surface area contributed by atoms with Crippen LogP contribution in [0.2, 0.25) is 29.9 Å². The van der Waals surface area contributed by atoms with Crippen molar-refractivity contribution in [3.8, 4) is 0 Å². The maximum atomic E-state index is 12.4. The van der Waals surface area contributed by atoms with Crippen molar-refractivity contribution in [3.63, 3.8) is 0 Å². The van der Waals surface area contributed by atoms with E-state index >= 15 is 0 Å². The number of nitrogens with zero attached hydrogens (tertiary/aromatic N) is 1. The molecule has 9 heteroatoms. The monoisotopic (exact) mass is 401 g/mol. The fraction of sp³-hybridized carbons (Fsp3) is 0.200. The number of sulfonamides is 1. The van der Waals surface area contributed by atoms with Gasteiger partial charge in [-0.05, 0) is 11.3 Å². The Morgan fingerprint density at radius 2 is 1.92 bits per heavy atom. The molecular formula is C15H15Cl2N2O3SSi+. The summed E-state index contributed by atoms with van der Waals surface area (Å²) in [5.41, 5.74) is -0.0259. The normalized spacial score (nSPS) is 14.1. The highest BCUT2D eigenvalue weighted by Crippen LogP contribution is 2.20. The molecule has 0 radical (unpaired) electrons. The Bertz CT molecular complexity index is 885. The van der Waals surface area contributed by atoms with Gasteiger partial charge in [0.25, 0.3) is 5.91 Å². The van der Waals surface area contributed by atoms with Crippen LogP contribution in [0.15, 0.2) is 35.3 Å². The van der Waals surface area contributed by atoms with E-state index in [0.717, 1.165) is 5.19 Å². The smallest absolute Gasteiger partial charge is 0.268 e. The van der Waals surface area contributed by atoms with Gasteiger partial charge in [0.05, 0.1) is 19.7 Å². The second-order valence-electron chi connectivity index (χ2n) is 6.09. The van der Waals surface area contributed by atoms with Gasteiger partial charge in [-0.15, -0.1) is 0 Å². The van der Waals surface area contributed by atoms with Crippen LogP contribution in [0.5, 0.6) is 0 Å². The third-order valence-corrected chi connectivity index (χ3v) is 7.26. The number of pyridine rings is 1. The maximum Gasteiger partial charge on any atom is 0.311 e. The van der Waals surface area contributed by atoms with Crippen molar-refractivity contribution in [1.82, 2.24) is 9.71 Å². The van der Waals surface area contributed by atoms with Crippen LogP contribution in [0, 0.1) is 6.08 Å². The van der Waals surface area contributed by atoms with Crippen LogP contribution < -0.4 is 9.91 Å². The Kier molecular flexibility index (Phi) is 5.32. The molecule has 0 bridgehead atoms. The van der Waals surface area contributed by atoms with Crippen molar-refractivity contribution >= 4 is 52.4 Å². The lowest BCUT2D eigenvalue weighted by molar-refractivity contribution is 0.0981. The highest BCUT2D eigenvalue weighted by Gasteiger charge is 2.29. The van der Waals surface area contributed by atoms with E-state index in [1.165, 1.54) is 24.3 Å². The molecule has 24 heavy (non-hydrogen) atoms. The highest BCUT2D eigenvalue weighted by atomic mass is 35.5. The van der Waals surface area contributed by atoms with Crippen molar-refractivity contribution in [3.05, 3.63) is 57.2 Å². The molecule has 5 nitrogen and oxygen atoms in total. The number of rotatable bonds is 4. The molecule has 1 N–H and O–H groups in total. The molecule has 0 saturated heterocycles. The molecule has 0 aliphatic heterocycles. The average molecular weight is 402 g/mol. The van der Waals surface area contributed by atoms with Gasteiger partial charge >= 0.3 is 10.0 Å². The van der Waals surface area contributed by atoms with Crippen LogP contribution >= 0.6 is 23.2 Å². The van der Waals surface area contributed by atoms with E-state index in [-0.39, 0.29) is 20.8 Å². The zero-order valence-corrected chi connectivity index (χ0v) is 16.6. The van der Waals surface area contributed by atoms with Gasteiger partial charge in [-0.2, -0.15) is 8.42 Å². The van der Waals surface area contributed by atoms with Crippen LogP contribution in [-0.2, 0) is 10.0 Å². The Morgan fingerprint density at radius 1 is 1.25 bits per heavy atom. The quantitative estimate of drug-likeness (QED) is 0.477. The van der Waals surface area contributed by atoms with E-state index in [2.05, 4.69) is 11.1 Å². The van der Waals surface area contributed by atoms with Crippen molar-refractivity contribution in [2.75, 3.05) is 0 Å². The molecule has 0 fully saturated rings. The average Bonchev–Trinajstić information content (AvgIpc) is 2.46. The Labute approximate surface area is 152 Å². The second-order valence-corrected chi connectivity index (χ2v) is 13.5. The lowest BCUT2D eigenvalue weighted by Gasteiger charge is -2.19. The number of hydrogen-bond donors (Lipinski definition) is 1. The second kappa shape index (κ2) is 6.78. The van der Waals surface area contributed by atoms with Gasteiger partial charge in [0.2, 0.25) is 0 Å². The van der Waals surface area contributed by atoms with E-state index in [0.29, 0.717) is 0 Å². The van der Waals surface area contributed by atoms with Gasteiger partial charge in [-0.1, -0.05) is 42.8 Å². The lowest BCUT2D eigenvalue weighted by Crippen LogP contribution is -2.40. The Balaban J connectivity index is 2.39. The number of nitrogens with one attached hydrogen (secondary N) is 1. The van der Waals surface area contributed by atoms with E-state index in [4.69, 9.17) is 23.2 Å². The molecule has 1 heterocycles. The third kappa shape index (κ3) is 4.12. The number of aromatic nitrogens is 1. The van der Waals surface area contributed by atoms with Crippen molar-refractivity contribution in [2.24, 2.45) is 0 Å². The number of carbonyl (C=O) groups excluding carboxylic acids is 1. The number of allylic oxidation sites excluding steroid dienone is 5. The van der Waals surface area contributed by atoms with E-state index < -0.39 is 24.0 Å². The first-order valence-corrected chi connectivity index (χ1v) is 12.7. The van der Waals surface area contributed by atoms with Crippen LogP contribution in [-0.4, -0.2) is 27.4 Å². The first-order chi connectivity index (χ1) is 11.0. The largest absolute Gasteiger partial charge is 0.311 e. The zero-order chi connectivity index (χ0) is 18.1. The standard InChI is InChI=1S/C15H14Cl2N2O3SSi/c1-24(2,3)12-9-11(13(16)18-14(12)17)15(20)19-23(21,22)10-7-5-4-6-8-10/h4-5,7-9H,1-3H3/p+1. The summed E-state index contributed by atoms with van der Waals surface area (Å²) >= 11 is 12.1. The molecule has 126 valence electrons. The first kappa shape index (κ1) is 18.8. The zero-order valence-electron chi connectivity index (χ0n) is 13.2. The van der Waals surface area contributed by atoms with Gasteiger partial charge < -0.3 is 0 Å². The number of hydrogen-bond acceptors (Lipinski definition) is 4. The maximum absolute atomic E-state index is 12.4. The summed E-state index contributed by atoms with van der Waals surface area (Å²) in [6.45, 7) is 6.09. The van der Waals surface area contributed by atoms with Gasteiger partial charge in [-0.25, -0.2) is 9.71 Å². The predicted molar refractivity (Wildman–Crippen MR) is 98.7 cm³/mol. The summed E-state index contributed by atoms with van der Waals surface area (Å²) in [6, 6.07) is 1.52. The molecule has 1 aromatic rings. The topological polar surface area (TPSA) is 76.1 Å². The molecule has 1 amide bonds. The lowest BCUT2D eigenvalue weighted by atomic mass is 10.3. The van der Waals surface area contributed by atoms with Gasteiger partial charge in [0, 0.05) is 12.2 Å². The number of halogens is 2. The van der Waals surface area contributed by atoms with Crippen LogP contribution in [0.3, 0.4) is 0 Å². The minimum absolute atomic E-state index is 0.0259. The molecule has 0 aromatic carbocycles. The molecular weight excluding hydrogens is 387 g/mol. The molecule has 1 aliphatic carbocycles. The van der Waals surface area contributed by atoms with E-state index in [1.54, 1.807) is 6.08 Å². The summed E-state index contributed by atoms with van der Waals surface area (Å²) in [5, 5.41) is 0.815. The Morgan fingerprint density at radius 3 is 2.46 bits per heavy atom. The minimum Gasteiger partial charge on any atom is -0.268 e. The van der Waals surface area contributed by atoms with Crippen LogP contribution in [0.1, 0.15) is 10.4 Å². The van der Waals surface area contributed by atoms with E-state index in [9.17, 15) is 13.2 Å². The molecule has 2 rings (SSSR count). The Hall–Kier alpha value is -1.50. The summed E-state index contributed by atoms with van der Waals surface area (Å²) in [5.74, 6) is -0.854. The molecule has 1 aromatic heterocycles. The summed E-state index contributed by atoms with van der Waals surface area (Å²) in [7, 11) is -5.91. The molecule has 0 saturated carbocycles. The molecule has 0 unspecified atom stereocenters. The fourth-order valence-electron chi connectivity index (χ4n) is 1.94. The summed E-state index contributed by atoms with van der Waals surface area (Å²) < 4.78 is 26.5. The van der Waals surface area contributed by atoms with Crippen molar-refractivity contribution in [1.29, 1.82) is 0 Å². The van der Waals surface area contributed by atoms with Crippen molar-refractivity contribution in [2.45, 2.75) is 19.6 Å². The molecule has 0 spiro atoms. The van der Waals surface area contributed by atoms with Gasteiger partial charge in [-0.3, -0.25) is 4.79 Å². The minimum atomic E-state index is -4.02. The van der Waals surface area contributed by atoms with Crippen LogP contribution in [0.4, 0.5) is 0 Å². The first-order valence-electron chi connectivity index (χ1n) is 6.92. The third-order valence-electron chi connectivity index (χ3n) is 3.20. The molecule has 1 aliphatic rings. The van der Waals surface area contributed by atoms with Gasteiger partial charge in [0.1, 0.15) is 22.5 Å². The fourth-order valence-corrected chi connectivity index (χ4v) is 5.40. The number of amides is 1. The summed E-state index contributed by atoms with van der Waals surface area (Å²) in [6.07, 6.45) is 8.35.